The van der Waals surface area contributed by atoms with Gasteiger partial charge < -0.3 is 10.4 Å². The molecule has 0 aliphatic carbocycles. The van der Waals surface area contributed by atoms with E-state index < -0.39 is 0 Å². The highest BCUT2D eigenvalue weighted by molar-refractivity contribution is 5.35. The largest absolute Gasteiger partial charge is 0.395 e. The van der Waals surface area contributed by atoms with Crippen molar-refractivity contribution in [2.75, 3.05) is 13.2 Å². The fourth-order valence-corrected chi connectivity index (χ4v) is 3.25. The molecule has 0 saturated carbocycles. The average Bonchev–Trinajstić information content (AvgIpc) is 2.28. The second-order valence-corrected chi connectivity index (χ2v) is 5.99. The van der Waals surface area contributed by atoms with Gasteiger partial charge >= 0.3 is 0 Å². The molecule has 1 heterocycles. The van der Waals surface area contributed by atoms with Crippen molar-refractivity contribution in [3.8, 4) is 0 Å². The lowest BCUT2D eigenvalue weighted by molar-refractivity contribution is 0.111. The van der Waals surface area contributed by atoms with Gasteiger partial charge in [-0.1, -0.05) is 24.3 Å². The maximum absolute atomic E-state index is 9.92. The van der Waals surface area contributed by atoms with Gasteiger partial charge in [0, 0.05) is 11.0 Å². The van der Waals surface area contributed by atoms with E-state index in [0.29, 0.717) is 0 Å². The molecule has 0 radical (unpaired) electrons. The van der Waals surface area contributed by atoms with Gasteiger partial charge in [0.2, 0.25) is 0 Å². The van der Waals surface area contributed by atoms with Gasteiger partial charge in [0.05, 0.1) is 6.61 Å². The van der Waals surface area contributed by atoms with Gasteiger partial charge in [-0.05, 0) is 51.3 Å². The predicted octanol–water partition coefficient (Wildman–Crippen LogP) is 2.39. The van der Waals surface area contributed by atoms with E-state index in [1.54, 1.807) is 0 Å². The predicted molar refractivity (Wildman–Crippen MR) is 71.3 cm³/mol. The number of piperidine rings is 1. The Hall–Kier alpha value is -0.860. The molecule has 1 unspecified atom stereocenters. The van der Waals surface area contributed by atoms with E-state index in [4.69, 9.17) is 0 Å². The minimum atomic E-state index is -0.0694. The highest BCUT2D eigenvalue weighted by Gasteiger charge is 2.41. The topological polar surface area (TPSA) is 32.3 Å². The van der Waals surface area contributed by atoms with E-state index in [1.165, 1.54) is 11.1 Å². The van der Waals surface area contributed by atoms with Crippen LogP contribution in [0.1, 0.15) is 37.8 Å². The lowest BCUT2D eigenvalue weighted by Crippen LogP contribution is -2.54. The molecule has 0 spiro atoms. The SMILES string of the molecule is Cc1ccccc1C1(CO)CCNC(C)(C)C1. The normalized spacial score (nSPS) is 28.0. The third kappa shape index (κ3) is 2.38. The van der Waals surface area contributed by atoms with Crippen molar-refractivity contribution >= 4 is 0 Å². The van der Waals surface area contributed by atoms with E-state index in [0.717, 1.165) is 19.4 Å². The minimum Gasteiger partial charge on any atom is -0.395 e. The molecule has 2 rings (SSSR count). The number of rotatable bonds is 2. The number of benzene rings is 1. The van der Waals surface area contributed by atoms with Gasteiger partial charge in [-0.3, -0.25) is 0 Å². The maximum atomic E-state index is 9.92. The summed E-state index contributed by atoms with van der Waals surface area (Å²) in [7, 11) is 0. The molecule has 1 aromatic rings. The van der Waals surface area contributed by atoms with Crippen molar-refractivity contribution in [2.24, 2.45) is 0 Å². The third-order valence-electron chi connectivity index (χ3n) is 4.01. The van der Waals surface area contributed by atoms with Crippen LogP contribution in [0.25, 0.3) is 0 Å². The summed E-state index contributed by atoms with van der Waals surface area (Å²) in [6.45, 7) is 7.79. The van der Waals surface area contributed by atoms with Crippen molar-refractivity contribution in [3.05, 3.63) is 35.4 Å². The summed E-state index contributed by atoms with van der Waals surface area (Å²) in [5.74, 6) is 0. The van der Waals surface area contributed by atoms with Crippen LogP contribution in [-0.4, -0.2) is 23.8 Å². The molecule has 1 aromatic carbocycles. The molecular weight excluding hydrogens is 210 g/mol. The summed E-state index contributed by atoms with van der Waals surface area (Å²) < 4.78 is 0. The van der Waals surface area contributed by atoms with Crippen molar-refractivity contribution in [1.82, 2.24) is 5.32 Å². The van der Waals surface area contributed by atoms with Crippen LogP contribution >= 0.6 is 0 Å². The molecule has 2 nitrogen and oxygen atoms in total. The van der Waals surface area contributed by atoms with Crippen LogP contribution in [0.15, 0.2) is 24.3 Å². The summed E-state index contributed by atoms with van der Waals surface area (Å²) in [4.78, 5) is 0. The van der Waals surface area contributed by atoms with E-state index >= 15 is 0 Å². The summed E-state index contributed by atoms with van der Waals surface area (Å²) in [5.41, 5.74) is 2.64. The van der Waals surface area contributed by atoms with Crippen molar-refractivity contribution in [1.29, 1.82) is 0 Å². The summed E-state index contributed by atoms with van der Waals surface area (Å²) in [6.07, 6.45) is 2.00. The molecule has 1 fully saturated rings. The Labute approximate surface area is 104 Å². The second kappa shape index (κ2) is 4.43. The van der Waals surface area contributed by atoms with Crippen LogP contribution in [-0.2, 0) is 5.41 Å². The number of hydrogen-bond donors (Lipinski definition) is 2. The lowest BCUT2D eigenvalue weighted by atomic mass is 9.67. The average molecular weight is 233 g/mol. The van der Waals surface area contributed by atoms with Gasteiger partial charge in [0.25, 0.3) is 0 Å². The third-order valence-corrected chi connectivity index (χ3v) is 4.01. The minimum absolute atomic E-state index is 0.0694. The Morgan fingerprint density at radius 3 is 2.59 bits per heavy atom. The molecular formula is C15H23NO. The maximum Gasteiger partial charge on any atom is 0.0529 e. The molecule has 1 aliphatic heterocycles. The molecule has 0 aromatic heterocycles. The molecule has 1 aliphatic rings. The Bertz CT molecular complexity index is 400. The first kappa shape index (κ1) is 12.6. The van der Waals surface area contributed by atoms with E-state index in [-0.39, 0.29) is 17.6 Å². The van der Waals surface area contributed by atoms with Gasteiger partial charge in [-0.15, -0.1) is 0 Å². The molecule has 0 amide bonds. The zero-order valence-corrected chi connectivity index (χ0v) is 11.1. The standard InChI is InChI=1S/C15H23NO/c1-12-6-4-5-7-13(12)15(11-17)8-9-16-14(2,3)10-15/h4-7,16-17H,8-11H2,1-3H3. The van der Waals surface area contributed by atoms with E-state index in [9.17, 15) is 5.11 Å². The molecule has 2 heteroatoms. The Morgan fingerprint density at radius 1 is 1.29 bits per heavy atom. The number of aryl methyl sites for hydroxylation is 1. The highest BCUT2D eigenvalue weighted by atomic mass is 16.3. The number of nitrogens with one attached hydrogen (secondary N) is 1. The lowest BCUT2D eigenvalue weighted by Gasteiger charge is -2.45. The summed E-state index contributed by atoms with van der Waals surface area (Å²) in [6, 6.07) is 8.46. The first-order valence-corrected chi connectivity index (χ1v) is 6.41. The number of aliphatic hydroxyl groups excluding tert-OH is 1. The van der Waals surface area contributed by atoms with Gasteiger partial charge in [0.1, 0.15) is 0 Å². The molecule has 2 N–H and O–H groups in total. The summed E-state index contributed by atoms with van der Waals surface area (Å²) >= 11 is 0. The fraction of sp³-hybridized carbons (Fsp3) is 0.600. The molecule has 94 valence electrons. The highest BCUT2D eigenvalue weighted by Crippen LogP contribution is 2.39. The monoisotopic (exact) mass is 233 g/mol. The van der Waals surface area contributed by atoms with Gasteiger partial charge in [0.15, 0.2) is 0 Å². The van der Waals surface area contributed by atoms with Crippen molar-refractivity contribution in [3.63, 3.8) is 0 Å². The van der Waals surface area contributed by atoms with E-state index in [2.05, 4.69) is 50.4 Å². The zero-order chi connectivity index (χ0) is 12.5. The van der Waals surface area contributed by atoms with Crippen molar-refractivity contribution < 1.29 is 5.11 Å². The quantitative estimate of drug-likeness (QED) is 0.822. The Morgan fingerprint density at radius 2 is 2.00 bits per heavy atom. The van der Waals surface area contributed by atoms with Gasteiger partial charge in [-0.2, -0.15) is 0 Å². The van der Waals surface area contributed by atoms with Crippen LogP contribution in [0.3, 0.4) is 0 Å². The number of aliphatic hydroxyl groups is 1. The molecule has 1 saturated heterocycles. The Balaban J connectivity index is 2.41. The Kier molecular flexibility index (Phi) is 3.28. The van der Waals surface area contributed by atoms with Crippen LogP contribution in [0.5, 0.6) is 0 Å². The van der Waals surface area contributed by atoms with Crippen LogP contribution in [0, 0.1) is 6.92 Å². The smallest absolute Gasteiger partial charge is 0.0529 e. The fourth-order valence-electron chi connectivity index (χ4n) is 3.25. The molecule has 0 bridgehead atoms. The van der Waals surface area contributed by atoms with Crippen molar-refractivity contribution in [2.45, 2.75) is 44.6 Å². The zero-order valence-electron chi connectivity index (χ0n) is 11.1. The van der Waals surface area contributed by atoms with E-state index in [1.807, 2.05) is 0 Å². The summed E-state index contributed by atoms with van der Waals surface area (Å²) in [5, 5.41) is 13.4. The first-order chi connectivity index (χ1) is 7.99. The van der Waals surface area contributed by atoms with Crippen LogP contribution in [0.4, 0.5) is 0 Å². The van der Waals surface area contributed by atoms with Crippen LogP contribution in [0.2, 0.25) is 0 Å². The van der Waals surface area contributed by atoms with Crippen LogP contribution < -0.4 is 5.32 Å². The second-order valence-electron chi connectivity index (χ2n) is 5.99. The molecule has 1 atom stereocenters. The molecule has 17 heavy (non-hydrogen) atoms. The van der Waals surface area contributed by atoms with Gasteiger partial charge in [-0.25, -0.2) is 0 Å². The number of hydrogen-bond acceptors (Lipinski definition) is 2. The first-order valence-electron chi connectivity index (χ1n) is 6.41.